The number of carbonyl (C=O) groups excluding carboxylic acids is 1. The van der Waals surface area contributed by atoms with Crippen molar-refractivity contribution in [3.63, 3.8) is 0 Å². The highest BCUT2D eigenvalue weighted by Gasteiger charge is 2.19. The third kappa shape index (κ3) is 5.41. The van der Waals surface area contributed by atoms with Crippen LogP contribution in [0.4, 0.5) is 4.79 Å². The monoisotopic (exact) mass is 292 g/mol. The molecule has 1 aliphatic carbocycles. The van der Waals surface area contributed by atoms with Gasteiger partial charge in [-0.25, -0.2) is 0 Å². The first-order valence-corrected chi connectivity index (χ1v) is 7.16. The van der Waals surface area contributed by atoms with Gasteiger partial charge < -0.3 is 13.9 Å². The summed E-state index contributed by atoms with van der Waals surface area (Å²) in [5, 5.41) is 1.03. The van der Waals surface area contributed by atoms with Gasteiger partial charge in [0.15, 0.2) is 0 Å². The van der Waals surface area contributed by atoms with E-state index in [-0.39, 0.29) is 16.5 Å². The summed E-state index contributed by atoms with van der Waals surface area (Å²) in [5.41, 5.74) is 0. The van der Waals surface area contributed by atoms with Crippen molar-refractivity contribution >= 4 is 34.7 Å². The Kier molecular flexibility index (Phi) is 6.73. The topological polar surface area (TPSA) is 42.0 Å². The molecule has 0 unspecified atom stereocenters. The van der Waals surface area contributed by atoms with Gasteiger partial charge in [-0.2, -0.15) is 5.06 Å². The van der Waals surface area contributed by atoms with Crippen molar-refractivity contribution in [2.24, 2.45) is 0 Å². The molecule has 18 heavy (non-hydrogen) atoms. The van der Waals surface area contributed by atoms with Crippen molar-refractivity contribution in [2.45, 2.75) is 38.2 Å². The highest BCUT2D eigenvalue weighted by molar-refractivity contribution is 8.09. The molecule has 1 rings (SSSR count). The van der Waals surface area contributed by atoms with Crippen LogP contribution in [0.2, 0.25) is 0 Å². The van der Waals surface area contributed by atoms with Gasteiger partial charge in [0.2, 0.25) is 0 Å². The van der Waals surface area contributed by atoms with Gasteiger partial charge in [0.25, 0.3) is 5.17 Å². The molecule has 0 aromatic carbocycles. The quantitative estimate of drug-likeness (QED) is 0.443. The molecule has 1 fully saturated rings. The third-order valence-corrected chi connectivity index (χ3v) is 3.85. The molecule has 1 saturated carbocycles. The Bertz CT molecular complexity index is 294. The fourth-order valence-corrected chi connectivity index (χ4v) is 2.22. The fraction of sp³-hybridized carbons (Fsp3) is 0.818. The Balaban J connectivity index is 2.24. The maximum atomic E-state index is 11.7. The summed E-state index contributed by atoms with van der Waals surface area (Å²) in [5.74, 6) is 0. The van der Waals surface area contributed by atoms with Crippen LogP contribution in [-0.4, -0.2) is 47.6 Å². The van der Waals surface area contributed by atoms with Gasteiger partial charge in [-0.15, -0.1) is 0 Å². The molecule has 0 atom stereocenters. The van der Waals surface area contributed by atoms with Gasteiger partial charge in [0.05, 0.1) is 18.1 Å². The standard InChI is InChI=1S/C11H20N2O3S2/c1-12(2)11(17)15-13(3)10(14)18-16-9-7-5-4-6-8-9/h9H,4-8H2,1-3H3. The molecular weight excluding hydrogens is 272 g/mol. The van der Waals surface area contributed by atoms with Crippen molar-refractivity contribution in [3.05, 3.63) is 0 Å². The molecular formula is C11H20N2O3S2. The minimum atomic E-state index is -0.301. The van der Waals surface area contributed by atoms with Crippen molar-refractivity contribution < 1.29 is 13.8 Å². The first-order chi connectivity index (χ1) is 8.50. The predicted molar refractivity (Wildman–Crippen MR) is 76.1 cm³/mol. The zero-order valence-electron chi connectivity index (χ0n) is 11.0. The number of nitrogens with zero attached hydrogens (tertiary/aromatic N) is 2. The van der Waals surface area contributed by atoms with Crippen molar-refractivity contribution in [3.8, 4) is 0 Å². The molecule has 104 valence electrons. The minimum Gasteiger partial charge on any atom is -0.346 e. The molecule has 0 aromatic rings. The summed E-state index contributed by atoms with van der Waals surface area (Å²) >= 11 is 5.77. The van der Waals surface area contributed by atoms with Crippen LogP contribution in [-0.2, 0) is 9.02 Å². The summed E-state index contributed by atoms with van der Waals surface area (Å²) in [6, 6.07) is 0. The van der Waals surface area contributed by atoms with Gasteiger partial charge in [0, 0.05) is 21.1 Å². The molecule has 0 bridgehead atoms. The van der Waals surface area contributed by atoms with Gasteiger partial charge in [-0.05, 0) is 25.1 Å². The van der Waals surface area contributed by atoms with Gasteiger partial charge >= 0.3 is 5.24 Å². The molecule has 0 aliphatic heterocycles. The number of carbonyl (C=O) groups is 1. The summed E-state index contributed by atoms with van der Waals surface area (Å²) < 4.78 is 5.50. The van der Waals surface area contributed by atoms with E-state index in [0.29, 0.717) is 0 Å². The Morgan fingerprint density at radius 1 is 1.22 bits per heavy atom. The van der Waals surface area contributed by atoms with Crippen molar-refractivity contribution in [1.82, 2.24) is 9.96 Å². The average molecular weight is 292 g/mol. The largest absolute Gasteiger partial charge is 0.346 e. The molecule has 0 heterocycles. The Labute approximate surface area is 118 Å². The zero-order chi connectivity index (χ0) is 13.5. The van der Waals surface area contributed by atoms with Crippen LogP contribution in [0.15, 0.2) is 0 Å². The summed E-state index contributed by atoms with van der Waals surface area (Å²) in [4.78, 5) is 18.5. The first-order valence-electron chi connectivity index (χ1n) is 6.01. The molecule has 7 heteroatoms. The number of amides is 1. The molecule has 0 radical (unpaired) electrons. The van der Waals surface area contributed by atoms with Crippen LogP contribution in [0.1, 0.15) is 32.1 Å². The van der Waals surface area contributed by atoms with Gasteiger partial charge in [-0.1, -0.05) is 19.3 Å². The number of rotatable bonds is 2. The Morgan fingerprint density at radius 3 is 2.39 bits per heavy atom. The lowest BCUT2D eigenvalue weighted by Crippen LogP contribution is -2.33. The second-order valence-corrected chi connectivity index (χ2v) is 5.51. The molecule has 0 N–H and O–H groups in total. The number of thiocarbonyl (C=S) groups is 1. The average Bonchev–Trinajstić information content (AvgIpc) is 2.36. The van der Waals surface area contributed by atoms with E-state index in [4.69, 9.17) is 21.2 Å². The molecule has 0 saturated heterocycles. The highest BCUT2D eigenvalue weighted by Crippen LogP contribution is 2.25. The lowest BCUT2D eigenvalue weighted by molar-refractivity contribution is 0.000481. The number of hydroxylamine groups is 2. The van der Waals surface area contributed by atoms with Crippen LogP contribution >= 0.6 is 24.3 Å². The minimum absolute atomic E-state index is 0.182. The molecule has 0 spiro atoms. The molecule has 5 nitrogen and oxygen atoms in total. The summed E-state index contributed by atoms with van der Waals surface area (Å²) in [6.07, 6.45) is 5.86. The second-order valence-electron chi connectivity index (χ2n) is 4.45. The number of hydrogen-bond acceptors (Lipinski definition) is 5. The molecule has 1 aliphatic rings. The third-order valence-electron chi connectivity index (χ3n) is 2.64. The van der Waals surface area contributed by atoms with E-state index in [1.807, 2.05) is 0 Å². The van der Waals surface area contributed by atoms with E-state index in [1.165, 1.54) is 26.3 Å². The van der Waals surface area contributed by atoms with E-state index in [2.05, 4.69) is 0 Å². The SMILES string of the molecule is CN(C)C(=S)ON(C)C(=O)SOC1CCCCC1. The first kappa shape index (κ1) is 15.5. The van der Waals surface area contributed by atoms with Crippen LogP contribution in [0.5, 0.6) is 0 Å². The maximum absolute atomic E-state index is 11.7. The second kappa shape index (κ2) is 7.81. The Hall–Kier alpha value is -0.530. The van der Waals surface area contributed by atoms with Crippen LogP contribution in [0.25, 0.3) is 0 Å². The molecule has 1 amide bonds. The lowest BCUT2D eigenvalue weighted by Gasteiger charge is -2.23. The van der Waals surface area contributed by atoms with E-state index in [0.717, 1.165) is 29.9 Å². The van der Waals surface area contributed by atoms with Crippen LogP contribution in [0.3, 0.4) is 0 Å². The van der Waals surface area contributed by atoms with Gasteiger partial charge in [-0.3, -0.25) is 4.79 Å². The lowest BCUT2D eigenvalue weighted by atomic mass is 9.98. The van der Waals surface area contributed by atoms with E-state index in [9.17, 15) is 4.79 Å². The normalized spacial score (nSPS) is 16.2. The zero-order valence-corrected chi connectivity index (χ0v) is 12.7. The molecule has 0 aromatic heterocycles. The van der Waals surface area contributed by atoms with E-state index < -0.39 is 0 Å². The Morgan fingerprint density at radius 2 is 1.83 bits per heavy atom. The summed E-state index contributed by atoms with van der Waals surface area (Å²) in [7, 11) is 5.04. The smallest absolute Gasteiger partial charge is 0.341 e. The summed E-state index contributed by atoms with van der Waals surface area (Å²) in [6.45, 7) is 0. The van der Waals surface area contributed by atoms with E-state index in [1.54, 1.807) is 19.0 Å². The van der Waals surface area contributed by atoms with E-state index >= 15 is 0 Å². The van der Waals surface area contributed by atoms with Gasteiger partial charge in [0.1, 0.15) is 0 Å². The predicted octanol–water partition coefficient (Wildman–Crippen LogP) is 2.81. The fourth-order valence-electron chi connectivity index (χ4n) is 1.56. The van der Waals surface area contributed by atoms with Crippen LogP contribution < -0.4 is 0 Å². The number of hydrogen-bond donors (Lipinski definition) is 0. The van der Waals surface area contributed by atoms with Crippen LogP contribution in [0, 0.1) is 0 Å². The maximum Gasteiger partial charge on any atom is 0.341 e. The van der Waals surface area contributed by atoms with Crippen molar-refractivity contribution in [2.75, 3.05) is 21.1 Å². The van der Waals surface area contributed by atoms with Crippen molar-refractivity contribution in [1.29, 1.82) is 0 Å². The highest BCUT2D eigenvalue weighted by atomic mass is 32.2.